The molecule has 4 nitrogen and oxygen atoms in total. The normalized spacial score (nSPS) is 22.5. The number of benzene rings is 1. The third-order valence-electron chi connectivity index (χ3n) is 4.22. The molecular formula is C16H21ClN2O2. The van der Waals surface area contributed by atoms with E-state index in [9.17, 15) is 4.79 Å². The topological polar surface area (TPSA) is 32.8 Å². The number of rotatable bonds is 3. The number of carbonyl (C=O) groups excluding carboxylic acids is 1. The Kier molecular flexibility index (Phi) is 4.66. The van der Waals surface area contributed by atoms with E-state index in [4.69, 9.17) is 16.3 Å². The summed E-state index contributed by atoms with van der Waals surface area (Å²) in [4.78, 5) is 16.9. The predicted octanol–water partition coefficient (Wildman–Crippen LogP) is 1.76. The van der Waals surface area contributed by atoms with Crippen molar-refractivity contribution in [3.63, 3.8) is 0 Å². The summed E-state index contributed by atoms with van der Waals surface area (Å²) in [7, 11) is 0. The molecule has 2 heterocycles. The average Bonchev–Trinajstić information content (AvgIpc) is 2.80. The Balaban J connectivity index is 1.59. The molecule has 1 aromatic rings. The van der Waals surface area contributed by atoms with E-state index in [0.29, 0.717) is 12.3 Å². The zero-order valence-electron chi connectivity index (χ0n) is 12.1. The van der Waals surface area contributed by atoms with Gasteiger partial charge in [0.1, 0.15) is 5.75 Å². The standard InChI is InChI=1S/C16H21ClN2O2/c17-6-9-18-7-3-8-19(11-10-18)16(20)15-12-13-4-1-2-5-14(13)21-15/h1-2,4-5,15H,3,6-12H2. The van der Waals surface area contributed by atoms with Gasteiger partial charge in [-0.15, -0.1) is 11.6 Å². The summed E-state index contributed by atoms with van der Waals surface area (Å²) in [6.07, 6.45) is 1.35. The van der Waals surface area contributed by atoms with Gasteiger partial charge in [-0.05, 0) is 24.6 Å². The Morgan fingerprint density at radius 3 is 2.90 bits per heavy atom. The van der Waals surface area contributed by atoms with E-state index in [2.05, 4.69) is 4.90 Å². The van der Waals surface area contributed by atoms with Crippen LogP contribution in [0.15, 0.2) is 24.3 Å². The fourth-order valence-electron chi connectivity index (χ4n) is 3.06. The molecule has 1 saturated heterocycles. The average molecular weight is 309 g/mol. The number of ether oxygens (including phenoxy) is 1. The quantitative estimate of drug-likeness (QED) is 0.798. The van der Waals surface area contributed by atoms with Crippen LogP contribution in [0.25, 0.3) is 0 Å². The van der Waals surface area contributed by atoms with Crippen molar-refractivity contribution in [1.82, 2.24) is 9.80 Å². The molecule has 0 spiro atoms. The van der Waals surface area contributed by atoms with Crippen molar-refractivity contribution in [2.24, 2.45) is 0 Å². The number of hydrogen-bond donors (Lipinski definition) is 0. The number of alkyl halides is 1. The highest BCUT2D eigenvalue weighted by Gasteiger charge is 2.32. The summed E-state index contributed by atoms with van der Waals surface area (Å²) in [5.74, 6) is 1.63. The van der Waals surface area contributed by atoms with E-state index in [1.807, 2.05) is 29.2 Å². The van der Waals surface area contributed by atoms with Crippen molar-refractivity contribution >= 4 is 17.5 Å². The maximum absolute atomic E-state index is 12.6. The minimum atomic E-state index is -0.345. The fourth-order valence-corrected chi connectivity index (χ4v) is 3.30. The molecule has 0 aliphatic carbocycles. The van der Waals surface area contributed by atoms with Gasteiger partial charge in [0.2, 0.25) is 0 Å². The highest BCUT2D eigenvalue weighted by atomic mass is 35.5. The maximum Gasteiger partial charge on any atom is 0.264 e. The first-order valence-corrected chi connectivity index (χ1v) is 8.13. The van der Waals surface area contributed by atoms with Gasteiger partial charge in [-0.2, -0.15) is 0 Å². The molecule has 0 N–H and O–H groups in total. The van der Waals surface area contributed by atoms with Gasteiger partial charge in [0.15, 0.2) is 6.10 Å². The summed E-state index contributed by atoms with van der Waals surface area (Å²) >= 11 is 5.80. The monoisotopic (exact) mass is 308 g/mol. The van der Waals surface area contributed by atoms with E-state index in [1.54, 1.807) is 0 Å². The van der Waals surface area contributed by atoms with Gasteiger partial charge in [0.05, 0.1) is 0 Å². The summed E-state index contributed by atoms with van der Waals surface area (Å²) in [6, 6.07) is 7.91. The van der Waals surface area contributed by atoms with Gasteiger partial charge >= 0.3 is 0 Å². The van der Waals surface area contributed by atoms with E-state index in [0.717, 1.165) is 50.5 Å². The molecular weight excluding hydrogens is 288 g/mol. The minimum absolute atomic E-state index is 0.124. The van der Waals surface area contributed by atoms with Crippen LogP contribution in [-0.2, 0) is 11.2 Å². The van der Waals surface area contributed by atoms with Crippen LogP contribution < -0.4 is 4.74 Å². The number of amides is 1. The Morgan fingerprint density at radius 2 is 2.10 bits per heavy atom. The van der Waals surface area contributed by atoms with Crippen LogP contribution in [0.5, 0.6) is 5.75 Å². The van der Waals surface area contributed by atoms with Crippen molar-refractivity contribution in [3.8, 4) is 5.75 Å². The fraction of sp³-hybridized carbons (Fsp3) is 0.562. The molecule has 0 aromatic heterocycles. The van der Waals surface area contributed by atoms with E-state index < -0.39 is 0 Å². The molecule has 1 amide bonds. The smallest absolute Gasteiger partial charge is 0.264 e. The number of para-hydroxylation sites is 1. The van der Waals surface area contributed by atoms with Crippen LogP contribution in [-0.4, -0.2) is 60.4 Å². The third-order valence-corrected chi connectivity index (χ3v) is 4.39. The van der Waals surface area contributed by atoms with Crippen molar-refractivity contribution in [2.75, 3.05) is 38.6 Å². The molecule has 1 unspecified atom stereocenters. The highest BCUT2D eigenvalue weighted by molar-refractivity contribution is 6.18. The molecule has 0 radical (unpaired) electrons. The largest absolute Gasteiger partial charge is 0.480 e. The lowest BCUT2D eigenvalue weighted by atomic mass is 10.1. The van der Waals surface area contributed by atoms with Gasteiger partial charge in [0.25, 0.3) is 5.91 Å². The third kappa shape index (κ3) is 3.33. The van der Waals surface area contributed by atoms with Crippen LogP contribution >= 0.6 is 11.6 Å². The minimum Gasteiger partial charge on any atom is -0.480 e. The molecule has 1 fully saturated rings. The van der Waals surface area contributed by atoms with E-state index >= 15 is 0 Å². The van der Waals surface area contributed by atoms with Crippen LogP contribution in [0, 0.1) is 0 Å². The number of nitrogens with zero attached hydrogens (tertiary/aromatic N) is 2. The highest BCUT2D eigenvalue weighted by Crippen LogP contribution is 2.29. The zero-order valence-corrected chi connectivity index (χ0v) is 12.9. The first kappa shape index (κ1) is 14.7. The van der Waals surface area contributed by atoms with Crippen molar-refractivity contribution < 1.29 is 9.53 Å². The van der Waals surface area contributed by atoms with Crippen molar-refractivity contribution in [1.29, 1.82) is 0 Å². The lowest BCUT2D eigenvalue weighted by Crippen LogP contribution is -2.43. The van der Waals surface area contributed by atoms with Gasteiger partial charge in [-0.1, -0.05) is 18.2 Å². The molecule has 2 aliphatic rings. The first-order chi connectivity index (χ1) is 10.3. The molecule has 0 bridgehead atoms. The van der Waals surface area contributed by atoms with E-state index in [1.165, 1.54) is 0 Å². The van der Waals surface area contributed by atoms with Gasteiger partial charge < -0.3 is 14.5 Å². The summed E-state index contributed by atoms with van der Waals surface area (Å²) in [6.45, 7) is 4.40. The van der Waals surface area contributed by atoms with Gasteiger partial charge in [-0.3, -0.25) is 4.79 Å². The van der Waals surface area contributed by atoms with Crippen LogP contribution in [0.2, 0.25) is 0 Å². The van der Waals surface area contributed by atoms with Crippen molar-refractivity contribution in [3.05, 3.63) is 29.8 Å². The summed E-state index contributed by atoms with van der Waals surface area (Å²) < 4.78 is 5.81. The lowest BCUT2D eigenvalue weighted by molar-refractivity contribution is -0.137. The van der Waals surface area contributed by atoms with E-state index in [-0.39, 0.29) is 12.0 Å². The molecule has 21 heavy (non-hydrogen) atoms. The van der Waals surface area contributed by atoms with Crippen LogP contribution in [0.1, 0.15) is 12.0 Å². The van der Waals surface area contributed by atoms with Crippen molar-refractivity contribution in [2.45, 2.75) is 18.9 Å². The number of hydrogen-bond acceptors (Lipinski definition) is 3. The maximum atomic E-state index is 12.6. The number of halogens is 1. The Labute approximate surface area is 130 Å². The first-order valence-electron chi connectivity index (χ1n) is 7.59. The lowest BCUT2D eigenvalue weighted by Gasteiger charge is -2.24. The number of carbonyl (C=O) groups is 1. The predicted molar refractivity (Wildman–Crippen MR) is 82.9 cm³/mol. The molecule has 2 aliphatic heterocycles. The summed E-state index contributed by atoms with van der Waals surface area (Å²) in [5.41, 5.74) is 1.13. The van der Waals surface area contributed by atoms with Crippen LogP contribution in [0.4, 0.5) is 0 Å². The second-order valence-corrected chi connectivity index (χ2v) is 6.01. The van der Waals surface area contributed by atoms with Gasteiger partial charge in [0, 0.05) is 38.5 Å². The summed E-state index contributed by atoms with van der Waals surface area (Å²) in [5, 5.41) is 0. The molecule has 114 valence electrons. The molecule has 5 heteroatoms. The van der Waals surface area contributed by atoms with Crippen LogP contribution in [0.3, 0.4) is 0 Å². The Morgan fingerprint density at radius 1 is 1.24 bits per heavy atom. The zero-order chi connectivity index (χ0) is 14.7. The van der Waals surface area contributed by atoms with Gasteiger partial charge in [-0.25, -0.2) is 0 Å². The SMILES string of the molecule is O=C(C1Cc2ccccc2O1)N1CCCN(CCCl)CC1. The number of fused-ring (bicyclic) bond motifs is 1. The molecule has 0 saturated carbocycles. The molecule has 3 rings (SSSR count). The second-order valence-electron chi connectivity index (χ2n) is 5.63. The molecule has 1 atom stereocenters. The second kappa shape index (κ2) is 6.67. The Bertz CT molecular complexity index is 484. The molecule has 1 aromatic carbocycles. The Hall–Kier alpha value is -1.26.